The number of likely N-dealkylation sites (N-methyl/N-ethyl adjacent to an activating group) is 1. The van der Waals surface area contributed by atoms with Gasteiger partial charge in [0.15, 0.2) is 5.78 Å². The van der Waals surface area contributed by atoms with Gasteiger partial charge in [-0.2, -0.15) is 0 Å². The maximum Gasteiger partial charge on any atom is 0.222 e. The van der Waals surface area contributed by atoms with E-state index in [0.717, 1.165) is 12.8 Å². The van der Waals surface area contributed by atoms with Crippen LogP contribution >= 0.6 is 0 Å². The number of ketones is 1. The second-order valence-electron chi connectivity index (χ2n) is 5.89. The van der Waals surface area contributed by atoms with Crippen molar-refractivity contribution in [3.8, 4) is 0 Å². The number of halogens is 1. The molecule has 1 aliphatic carbocycles. The Labute approximate surface area is 125 Å². The van der Waals surface area contributed by atoms with Gasteiger partial charge in [0.2, 0.25) is 5.91 Å². The van der Waals surface area contributed by atoms with Crippen molar-refractivity contribution in [1.29, 1.82) is 0 Å². The summed E-state index contributed by atoms with van der Waals surface area (Å²) >= 11 is 0. The summed E-state index contributed by atoms with van der Waals surface area (Å²) in [7, 11) is 1.64. The smallest absolute Gasteiger partial charge is 0.222 e. The third kappa shape index (κ3) is 4.66. The third-order valence-electron chi connectivity index (χ3n) is 4.14. The molecule has 21 heavy (non-hydrogen) atoms. The molecule has 1 aromatic carbocycles. The van der Waals surface area contributed by atoms with E-state index in [1.165, 1.54) is 42.4 Å². The lowest BCUT2D eigenvalue weighted by Crippen LogP contribution is -2.33. The van der Waals surface area contributed by atoms with Crippen molar-refractivity contribution in [3.63, 3.8) is 0 Å². The van der Waals surface area contributed by atoms with Gasteiger partial charge in [-0.25, -0.2) is 4.39 Å². The van der Waals surface area contributed by atoms with Gasteiger partial charge in [0.1, 0.15) is 5.82 Å². The molecule has 1 aliphatic rings. The maximum absolute atomic E-state index is 13.1. The fourth-order valence-electron chi connectivity index (χ4n) is 2.85. The largest absolute Gasteiger partial charge is 0.338 e. The summed E-state index contributed by atoms with van der Waals surface area (Å²) in [5.74, 6) is -0.198. The first kappa shape index (κ1) is 15.7. The van der Waals surface area contributed by atoms with Gasteiger partial charge in [0, 0.05) is 19.0 Å². The molecule has 1 amide bonds. The van der Waals surface area contributed by atoms with E-state index in [-0.39, 0.29) is 18.2 Å². The minimum Gasteiger partial charge on any atom is -0.338 e. The third-order valence-corrected chi connectivity index (χ3v) is 4.14. The highest BCUT2D eigenvalue weighted by molar-refractivity contribution is 5.99. The fourth-order valence-corrected chi connectivity index (χ4v) is 2.85. The molecular formula is C17H22FNO2. The van der Waals surface area contributed by atoms with Crippen molar-refractivity contribution in [2.45, 2.75) is 38.5 Å². The molecule has 0 atom stereocenters. The fraction of sp³-hybridized carbons (Fsp3) is 0.529. The summed E-state index contributed by atoms with van der Waals surface area (Å²) in [6.45, 7) is 0.00894. The molecule has 0 aliphatic heterocycles. The number of amides is 1. The second kappa shape index (κ2) is 7.34. The van der Waals surface area contributed by atoms with Crippen LogP contribution in [0.2, 0.25) is 0 Å². The van der Waals surface area contributed by atoms with Crippen molar-refractivity contribution < 1.29 is 14.0 Å². The zero-order valence-electron chi connectivity index (χ0n) is 12.5. The highest BCUT2D eigenvalue weighted by atomic mass is 19.1. The maximum atomic E-state index is 13.1. The van der Waals surface area contributed by atoms with Gasteiger partial charge >= 0.3 is 0 Å². The van der Waals surface area contributed by atoms with Gasteiger partial charge in [0.05, 0.1) is 6.54 Å². The Morgan fingerprint density at radius 1 is 1.24 bits per heavy atom. The summed E-state index contributed by atoms with van der Waals surface area (Å²) in [5.41, 5.74) is 0.312. The van der Waals surface area contributed by atoms with Gasteiger partial charge in [-0.1, -0.05) is 31.4 Å². The average molecular weight is 291 g/mol. The summed E-state index contributed by atoms with van der Waals surface area (Å²) in [6, 6.07) is 5.59. The molecule has 1 saturated carbocycles. The molecule has 2 rings (SSSR count). The normalized spacial score (nSPS) is 15.7. The van der Waals surface area contributed by atoms with Crippen LogP contribution in [0.25, 0.3) is 0 Å². The number of Topliss-reactive ketones (excluding diaryl/α,β-unsaturated/α-hetero) is 1. The topological polar surface area (TPSA) is 37.4 Å². The Balaban J connectivity index is 1.86. The predicted octanol–water partition coefficient (Wildman–Crippen LogP) is 3.44. The molecular weight excluding hydrogens is 269 g/mol. The van der Waals surface area contributed by atoms with Gasteiger partial charge in [-0.15, -0.1) is 0 Å². The van der Waals surface area contributed by atoms with Crippen LogP contribution in [-0.4, -0.2) is 30.2 Å². The molecule has 0 bridgehead atoms. The molecule has 4 heteroatoms. The van der Waals surface area contributed by atoms with Crippen LogP contribution in [0.1, 0.15) is 48.9 Å². The molecule has 1 fully saturated rings. The van der Waals surface area contributed by atoms with E-state index in [2.05, 4.69) is 0 Å². The van der Waals surface area contributed by atoms with Gasteiger partial charge < -0.3 is 4.90 Å². The first-order valence-corrected chi connectivity index (χ1v) is 7.59. The molecule has 0 heterocycles. The molecule has 0 radical (unpaired) electrons. The number of carbonyl (C=O) groups is 2. The quantitative estimate of drug-likeness (QED) is 0.779. The summed E-state index contributed by atoms with van der Waals surface area (Å²) < 4.78 is 13.1. The Morgan fingerprint density at radius 3 is 2.62 bits per heavy atom. The van der Waals surface area contributed by atoms with Gasteiger partial charge in [0.25, 0.3) is 0 Å². The summed E-state index contributed by atoms with van der Waals surface area (Å²) in [4.78, 5) is 25.6. The second-order valence-corrected chi connectivity index (χ2v) is 5.89. The molecule has 0 spiro atoms. The molecule has 0 N–H and O–H groups in total. The number of hydrogen-bond donors (Lipinski definition) is 0. The Bertz CT molecular complexity index is 509. The number of nitrogens with zero attached hydrogens (tertiary/aromatic N) is 1. The molecule has 0 aromatic heterocycles. The van der Waals surface area contributed by atoms with E-state index < -0.39 is 5.82 Å². The SMILES string of the molecule is CN(CC(=O)c1cccc(F)c1)C(=O)CC1CCCCC1. The first-order valence-electron chi connectivity index (χ1n) is 7.59. The monoisotopic (exact) mass is 291 g/mol. The predicted molar refractivity (Wildman–Crippen MR) is 79.6 cm³/mol. The van der Waals surface area contributed by atoms with E-state index in [9.17, 15) is 14.0 Å². The Morgan fingerprint density at radius 2 is 1.95 bits per heavy atom. The summed E-state index contributed by atoms with van der Waals surface area (Å²) in [5, 5.41) is 0. The lowest BCUT2D eigenvalue weighted by molar-refractivity contribution is -0.130. The Hall–Kier alpha value is -1.71. The van der Waals surface area contributed by atoms with Crippen LogP contribution in [0.3, 0.4) is 0 Å². The van der Waals surface area contributed by atoms with E-state index in [0.29, 0.717) is 17.9 Å². The number of rotatable bonds is 5. The molecule has 114 valence electrons. The van der Waals surface area contributed by atoms with Crippen LogP contribution in [0.5, 0.6) is 0 Å². The molecule has 3 nitrogen and oxygen atoms in total. The van der Waals surface area contributed by atoms with E-state index in [1.807, 2.05) is 0 Å². The Kier molecular flexibility index (Phi) is 5.48. The van der Waals surface area contributed by atoms with Gasteiger partial charge in [-0.3, -0.25) is 9.59 Å². The van der Waals surface area contributed by atoms with E-state index in [1.54, 1.807) is 13.1 Å². The number of benzene rings is 1. The molecule has 0 unspecified atom stereocenters. The zero-order valence-corrected chi connectivity index (χ0v) is 12.5. The van der Waals surface area contributed by atoms with Crippen molar-refractivity contribution >= 4 is 11.7 Å². The van der Waals surface area contributed by atoms with Crippen LogP contribution in [0.15, 0.2) is 24.3 Å². The van der Waals surface area contributed by atoms with E-state index in [4.69, 9.17) is 0 Å². The summed E-state index contributed by atoms with van der Waals surface area (Å²) in [6.07, 6.45) is 6.40. The van der Waals surface area contributed by atoms with Crippen molar-refractivity contribution in [1.82, 2.24) is 4.90 Å². The van der Waals surface area contributed by atoms with Crippen LogP contribution in [-0.2, 0) is 4.79 Å². The van der Waals surface area contributed by atoms with Gasteiger partial charge in [-0.05, 0) is 30.9 Å². The van der Waals surface area contributed by atoms with Crippen molar-refractivity contribution in [3.05, 3.63) is 35.6 Å². The highest BCUT2D eigenvalue weighted by Crippen LogP contribution is 2.26. The average Bonchev–Trinajstić information content (AvgIpc) is 2.48. The molecule has 0 saturated heterocycles. The standard InChI is InChI=1S/C17H22FNO2/c1-19(17(21)10-13-6-3-2-4-7-13)12-16(20)14-8-5-9-15(18)11-14/h5,8-9,11,13H,2-4,6-7,10,12H2,1H3. The van der Waals surface area contributed by atoms with Crippen LogP contribution in [0, 0.1) is 11.7 Å². The molecule has 1 aromatic rings. The zero-order chi connectivity index (χ0) is 15.2. The number of carbonyl (C=O) groups excluding carboxylic acids is 2. The minimum absolute atomic E-state index is 0.00616. The lowest BCUT2D eigenvalue weighted by atomic mass is 9.86. The van der Waals surface area contributed by atoms with Crippen LogP contribution in [0.4, 0.5) is 4.39 Å². The minimum atomic E-state index is -0.433. The number of hydrogen-bond acceptors (Lipinski definition) is 2. The van der Waals surface area contributed by atoms with Crippen molar-refractivity contribution in [2.75, 3.05) is 13.6 Å². The first-order chi connectivity index (χ1) is 10.1. The van der Waals surface area contributed by atoms with Crippen molar-refractivity contribution in [2.24, 2.45) is 5.92 Å². The highest BCUT2D eigenvalue weighted by Gasteiger charge is 2.20. The van der Waals surface area contributed by atoms with E-state index >= 15 is 0 Å². The lowest BCUT2D eigenvalue weighted by Gasteiger charge is -2.24. The van der Waals surface area contributed by atoms with Crippen LogP contribution < -0.4 is 0 Å².